The molecule has 2 atom stereocenters. The van der Waals surface area contributed by atoms with Gasteiger partial charge in [-0.15, -0.1) is 0 Å². The smallest absolute Gasteiger partial charge is 0.121 e. The Balaban J connectivity index is 1.74. The third kappa shape index (κ3) is 5.67. The van der Waals surface area contributed by atoms with Crippen LogP contribution in [0.3, 0.4) is 0 Å². The van der Waals surface area contributed by atoms with Crippen LogP contribution in [0.15, 0.2) is 18.2 Å². The molecule has 1 aromatic rings. The Hall–Kier alpha value is -0.480. The van der Waals surface area contributed by atoms with Gasteiger partial charge in [0.1, 0.15) is 12.4 Å². The average Bonchev–Trinajstić information content (AvgIpc) is 2.85. The van der Waals surface area contributed by atoms with Crippen LogP contribution in [0.5, 0.6) is 5.75 Å². The molecule has 118 valence electrons. The van der Waals surface area contributed by atoms with E-state index in [0.717, 1.165) is 25.1 Å². The Bertz CT molecular complexity index is 474. The first-order chi connectivity index (χ1) is 9.83. The molecule has 0 bridgehead atoms. The summed E-state index contributed by atoms with van der Waals surface area (Å²) in [6.45, 7) is 7.91. The van der Waals surface area contributed by atoms with Crippen molar-refractivity contribution in [1.82, 2.24) is 5.32 Å². The van der Waals surface area contributed by atoms with Gasteiger partial charge in [0, 0.05) is 18.2 Å². The summed E-state index contributed by atoms with van der Waals surface area (Å²) in [5.74, 6) is 0.726. The Kier molecular flexibility index (Phi) is 5.78. The highest BCUT2D eigenvalue weighted by molar-refractivity contribution is 6.42. The van der Waals surface area contributed by atoms with Crippen LogP contribution in [-0.4, -0.2) is 30.9 Å². The van der Waals surface area contributed by atoms with Gasteiger partial charge in [-0.05, 0) is 45.7 Å². The van der Waals surface area contributed by atoms with E-state index < -0.39 is 0 Å². The van der Waals surface area contributed by atoms with Gasteiger partial charge in [0.2, 0.25) is 0 Å². The Morgan fingerprint density at radius 2 is 1.90 bits per heavy atom. The number of halogens is 2. The molecule has 1 fully saturated rings. The number of nitrogens with one attached hydrogen (secondary N) is 1. The third-order valence-corrected chi connectivity index (χ3v) is 4.12. The molecule has 2 unspecified atom stereocenters. The van der Waals surface area contributed by atoms with Crippen molar-refractivity contribution in [3.05, 3.63) is 28.2 Å². The molecule has 5 heteroatoms. The zero-order valence-electron chi connectivity index (χ0n) is 12.8. The Morgan fingerprint density at radius 1 is 1.19 bits per heavy atom. The number of hydrogen-bond acceptors (Lipinski definition) is 3. The maximum atomic E-state index is 5.99. The van der Waals surface area contributed by atoms with Gasteiger partial charge in [-0.25, -0.2) is 0 Å². The van der Waals surface area contributed by atoms with E-state index in [1.165, 1.54) is 0 Å². The van der Waals surface area contributed by atoms with E-state index in [-0.39, 0.29) is 17.7 Å². The maximum Gasteiger partial charge on any atom is 0.121 e. The van der Waals surface area contributed by atoms with Crippen molar-refractivity contribution in [2.24, 2.45) is 0 Å². The fraction of sp³-hybridized carbons (Fsp3) is 0.625. The van der Waals surface area contributed by atoms with Crippen molar-refractivity contribution in [3.63, 3.8) is 0 Å². The normalized spacial score (nSPS) is 22.5. The number of rotatable bonds is 5. The quantitative estimate of drug-likeness (QED) is 0.872. The molecule has 1 saturated heterocycles. The molecule has 0 amide bonds. The zero-order chi connectivity index (χ0) is 15.5. The van der Waals surface area contributed by atoms with Gasteiger partial charge in [-0.1, -0.05) is 23.2 Å². The molecular formula is C16H23Cl2NO2. The fourth-order valence-electron chi connectivity index (χ4n) is 2.23. The molecule has 2 rings (SSSR count). The van der Waals surface area contributed by atoms with Crippen LogP contribution in [0.25, 0.3) is 0 Å². The van der Waals surface area contributed by atoms with Gasteiger partial charge >= 0.3 is 0 Å². The van der Waals surface area contributed by atoms with Crippen LogP contribution in [0.1, 0.15) is 33.6 Å². The highest BCUT2D eigenvalue weighted by atomic mass is 35.5. The molecular weight excluding hydrogens is 309 g/mol. The largest absolute Gasteiger partial charge is 0.491 e. The van der Waals surface area contributed by atoms with Crippen LogP contribution in [0.2, 0.25) is 10.0 Å². The van der Waals surface area contributed by atoms with Crippen LogP contribution < -0.4 is 10.1 Å². The van der Waals surface area contributed by atoms with E-state index in [0.29, 0.717) is 16.7 Å². The van der Waals surface area contributed by atoms with Crippen molar-refractivity contribution >= 4 is 23.2 Å². The SMILES string of the molecule is CC(C)(C)NCC1CCC(COc2ccc(Cl)c(Cl)c2)O1. The van der Waals surface area contributed by atoms with Crippen molar-refractivity contribution in [2.75, 3.05) is 13.2 Å². The predicted octanol–water partition coefficient (Wildman–Crippen LogP) is 4.31. The Labute approximate surface area is 136 Å². The summed E-state index contributed by atoms with van der Waals surface area (Å²) >= 11 is 11.8. The lowest BCUT2D eigenvalue weighted by Crippen LogP contribution is -2.41. The van der Waals surface area contributed by atoms with E-state index in [9.17, 15) is 0 Å². The summed E-state index contributed by atoms with van der Waals surface area (Å²) in [5, 5.41) is 4.52. The summed E-state index contributed by atoms with van der Waals surface area (Å²) in [5.41, 5.74) is 0.123. The molecule has 0 radical (unpaired) electrons. The first-order valence-corrected chi connectivity index (χ1v) is 8.07. The summed E-state index contributed by atoms with van der Waals surface area (Å²) in [7, 11) is 0. The summed E-state index contributed by atoms with van der Waals surface area (Å²) in [6.07, 6.45) is 2.51. The fourth-order valence-corrected chi connectivity index (χ4v) is 2.52. The summed E-state index contributed by atoms with van der Waals surface area (Å²) in [6, 6.07) is 5.30. The molecule has 1 heterocycles. The number of ether oxygens (including phenoxy) is 2. The average molecular weight is 332 g/mol. The molecule has 0 saturated carbocycles. The van der Waals surface area contributed by atoms with Crippen LogP contribution in [-0.2, 0) is 4.74 Å². The molecule has 1 aromatic carbocycles. The second kappa shape index (κ2) is 7.19. The molecule has 0 spiro atoms. The second-order valence-electron chi connectivity index (χ2n) is 6.48. The van der Waals surface area contributed by atoms with Gasteiger partial charge in [-0.3, -0.25) is 0 Å². The minimum absolute atomic E-state index is 0.123. The molecule has 0 aliphatic carbocycles. The van der Waals surface area contributed by atoms with E-state index in [2.05, 4.69) is 26.1 Å². The van der Waals surface area contributed by atoms with Gasteiger partial charge in [0.05, 0.1) is 22.3 Å². The highest BCUT2D eigenvalue weighted by Crippen LogP contribution is 2.27. The number of hydrogen-bond donors (Lipinski definition) is 1. The lowest BCUT2D eigenvalue weighted by atomic mass is 10.1. The van der Waals surface area contributed by atoms with Crippen molar-refractivity contribution in [1.29, 1.82) is 0 Å². The zero-order valence-corrected chi connectivity index (χ0v) is 14.3. The van der Waals surface area contributed by atoms with Crippen molar-refractivity contribution in [3.8, 4) is 5.75 Å². The lowest BCUT2D eigenvalue weighted by Gasteiger charge is -2.23. The van der Waals surface area contributed by atoms with Crippen molar-refractivity contribution in [2.45, 2.75) is 51.4 Å². The topological polar surface area (TPSA) is 30.5 Å². The maximum absolute atomic E-state index is 5.99. The number of benzene rings is 1. The molecule has 3 nitrogen and oxygen atoms in total. The lowest BCUT2D eigenvalue weighted by molar-refractivity contribution is 0.0162. The first-order valence-electron chi connectivity index (χ1n) is 7.32. The first kappa shape index (κ1) is 16.9. The van der Waals surface area contributed by atoms with Crippen LogP contribution in [0.4, 0.5) is 0 Å². The molecule has 21 heavy (non-hydrogen) atoms. The predicted molar refractivity (Wildman–Crippen MR) is 87.6 cm³/mol. The minimum Gasteiger partial charge on any atom is -0.491 e. The van der Waals surface area contributed by atoms with Gasteiger partial charge in [0.15, 0.2) is 0 Å². The van der Waals surface area contributed by atoms with Crippen LogP contribution >= 0.6 is 23.2 Å². The molecule has 0 aromatic heterocycles. The van der Waals surface area contributed by atoms with Crippen molar-refractivity contribution < 1.29 is 9.47 Å². The highest BCUT2D eigenvalue weighted by Gasteiger charge is 2.26. The second-order valence-corrected chi connectivity index (χ2v) is 7.29. The standard InChI is InChI=1S/C16H23Cl2NO2/c1-16(2,3)19-9-12-4-5-13(21-12)10-20-11-6-7-14(17)15(18)8-11/h6-8,12-13,19H,4-5,9-10H2,1-3H3. The monoisotopic (exact) mass is 331 g/mol. The summed E-state index contributed by atoms with van der Waals surface area (Å²) < 4.78 is 11.7. The van der Waals surface area contributed by atoms with E-state index in [4.69, 9.17) is 32.7 Å². The van der Waals surface area contributed by atoms with Crippen LogP contribution in [0, 0.1) is 0 Å². The summed E-state index contributed by atoms with van der Waals surface area (Å²) in [4.78, 5) is 0. The molecule has 1 aliphatic rings. The Morgan fingerprint density at radius 3 is 2.57 bits per heavy atom. The van der Waals surface area contributed by atoms with E-state index in [1.54, 1.807) is 12.1 Å². The van der Waals surface area contributed by atoms with Gasteiger partial charge in [-0.2, -0.15) is 0 Å². The molecule has 1 aliphatic heterocycles. The van der Waals surface area contributed by atoms with Gasteiger partial charge < -0.3 is 14.8 Å². The minimum atomic E-state index is 0.123. The van der Waals surface area contributed by atoms with E-state index in [1.807, 2.05) is 6.07 Å². The molecule has 1 N–H and O–H groups in total. The third-order valence-electron chi connectivity index (χ3n) is 3.38. The van der Waals surface area contributed by atoms with E-state index >= 15 is 0 Å². The van der Waals surface area contributed by atoms with Gasteiger partial charge in [0.25, 0.3) is 0 Å².